The number of ether oxygens (including phenoxy) is 1. The quantitative estimate of drug-likeness (QED) is 0.212. The molecule has 2 aromatic heterocycles. The number of carbonyl (C=O) groups is 4. The Morgan fingerprint density at radius 3 is 2.67 bits per heavy atom. The fourth-order valence-corrected chi connectivity index (χ4v) is 7.37. The maximum absolute atomic E-state index is 13.1. The fraction of sp³-hybridized carbons (Fsp3) is 0.538. The number of carbonyl (C=O) groups excluding carboxylic acids is 3. The van der Waals surface area contributed by atoms with Crippen molar-refractivity contribution in [2.45, 2.75) is 74.9 Å². The summed E-state index contributed by atoms with van der Waals surface area (Å²) in [5.41, 5.74) is 2.40. The largest absolute Gasteiger partial charge is 0.477 e. The molecular weight excluding hydrogens is 584 g/mol. The van der Waals surface area contributed by atoms with Gasteiger partial charge in [-0.1, -0.05) is 11.1 Å². The molecule has 16 heteroatoms. The van der Waals surface area contributed by atoms with Crippen molar-refractivity contribution in [3.63, 3.8) is 0 Å². The van der Waals surface area contributed by atoms with Crippen LogP contribution in [-0.4, -0.2) is 94.2 Å². The number of hydrogen-bond acceptors (Lipinski definition) is 11. The Morgan fingerprint density at radius 2 is 1.93 bits per heavy atom. The molecule has 0 spiro atoms. The summed E-state index contributed by atoms with van der Waals surface area (Å²) in [4.78, 5) is 51.7. The highest BCUT2D eigenvalue weighted by atomic mass is 32.2. The molecule has 3 amide bonds. The monoisotopic (exact) mass is 616 g/mol. The molecule has 1 fully saturated rings. The van der Waals surface area contributed by atoms with E-state index in [1.54, 1.807) is 32.9 Å². The van der Waals surface area contributed by atoms with E-state index < -0.39 is 35.0 Å². The van der Waals surface area contributed by atoms with Crippen LogP contribution in [0, 0.1) is 0 Å². The van der Waals surface area contributed by atoms with Gasteiger partial charge in [-0.2, -0.15) is 0 Å². The molecule has 0 bridgehead atoms. The van der Waals surface area contributed by atoms with E-state index in [2.05, 4.69) is 31.3 Å². The average Bonchev–Trinajstić information content (AvgIpc) is 3.41. The van der Waals surface area contributed by atoms with E-state index in [0.717, 1.165) is 36.8 Å². The number of fused-ring (bicyclic) bond motifs is 2. The van der Waals surface area contributed by atoms with Crippen molar-refractivity contribution in [2.75, 3.05) is 18.1 Å². The van der Waals surface area contributed by atoms with E-state index in [1.165, 1.54) is 33.1 Å². The van der Waals surface area contributed by atoms with Crippen LogP contribution in [0.1, 0.15) is 52.9 Å². The minimum Gasteiger partial charge on any atom is -0.477 e. The third kappa shape index (κ3) is 6.69. The number of aliphatic carboxylic acids is 1. The van der Waals surface area contributed by atoms with Crippen molar-refractivity contribution in [2.24, 2.45) is 0 Å². The van der Waals surface area contributed by atoms with Gasteiger partial charge in [-0.05, 0) is 74.6 Å². The predicted octanol–water partition coefficient (Wildman–Crippen LogP) is 2.14. The molecule has 3 aliphatic rings. The first-order chi connectivity index (χ1) is 20.0. The number of aromatic nitrogens is 5. The molecule has 1 saturated heterocycles. The number of β-lactam (4-membered cyclic amide) rings is 1. The van der Waals surface area contributed by atoms with Crippen molar-refractivity contribution in [3.05, 3.63) is 34.5 Å². The fourth-order valence-electron chi connectivity index (χ4n) is 5.03. The number of rotatable bonds is 9. The molecule has 42 heavy (non-hydrogen) atoms. The van der Waals surface area contributed by atoms with Crippen LogP contribution in [0.2, 0.25) is 0 Å². The van der Waals surface area contributed by atoms with Gasteiger partial charge in [-0.25, -0.2) is 9.59 Å². The van der Waals surface area contributed by atoms with Crippen molar-refractivity contribution in [1.29, 1.82) is 0 Å². The van der Waals surface area contributed by atoms with E-state index in [0.29, 0.717) is 34.3 Å². The summed E-state index contributed by atoms with van der Waals surface area (Å²) in [5.74, 6) is -1.22. The van der Waals surface area contributed by atoms with E-state index in [-0.39, 0.29) is 18.0 Å². The van der Waals surface area contributed by atoms with E-state index in [9.17, 15) is 24.3 Å². The summed E-state index contributed by atoms with van der Waals surface area (Å²) in [6.45, 7) is 5.68. The molecule has 2 atom stereocenters. The first kappa shape index (κ1) is 29.8. The van der Waals surface area contributed by atoms with Gasteiger partial charge in [0.15, 0.2) is 5.65 Å². The molecule has 4 heterocycles. The minimum atomic E-state index is -1.19. The molecule has 0 radical (unpaired) electrons. The van der Waals surface area contributed by atoms with Crippen molar-refractivity contribution >= 4 is 53.0 Å². The highest BCUT2D eigenvalue weighted by molar-refractivity contribution is 8.01. The van der Waals surface area contributed by atoms with Crippen LogP contribution in [-0.2, 0) is 19.1 Å². The third-order valence-electron chi connectivity index (χ3n) is 6.93. The lowest BCUT2D eigenvalue weighted by molar-refractivity contribution is -0.150. The van der Waals surface area contributed by atoms with Crippen LogP contribution in [0.25, 0.3) is 5.65 Å². The molecule has 224 valence electrons. The molecule has 2 aromatic rings. The normalized spacial score (nSPS) is 20.7. The molecule has 0 saturated carbocycles. The number of tetrazole rings is 1. The summed E-state index contributed by atoms with van der Waals surface area (Å²) < 4.78 is 6.60. The van der Waals surface area contributed by atoms with Crippen LogP contribution in [0.15, 0.2) is 39.6 Å². The molecule has 5 rings (SSSR count). The molecule has 1 unspecified atom stereocenters. The van der Waals surface area contributed by atoms with Crippen LogP contribution in [0.4, 0.5) is 4.79 Å². The summed E-state index contributed by atoms with van der Waals surface area (Å²) in [7, 11) is 0. The van der Waals surface area contributed by atoms with Gasteiger partial charge in [-0.15, -0.1) is 38.4 Å². The predicted molar refractivity (Wildman–Crippen MR) is 153 cm³/mol. The summed E-state index contributed by atoms with van der Waals surface area (Å²) in [6.07, 6.45) is 3.04. The Hall–Kier alpha value is -3.66. The number of nitrogens with one attached hydrogen (secondary N) is 2. The van der Waals surface area contributed by atoms with Gasteiger partial charge >= 0.3 is 12.1 Å². The Bertz CT molecular complexity index is 1480. The van der Waals surface area contributed by atoms with Crippen molar-refractivity contribution < 1.29 is 29.0 Å². The zero-order valence-electron chi connectivity index (χ0n) is 23.5. The van der Waals surface area contributed by atoms with E-state index in [4.69, 9.17) is 4.74 Å². The number of amides is 3. The van der Waals surface area contributed by atoms with Crippen LogP contribution in [0.5, 0.6) is 0 Å². The van der Waals surface area contributed by atoms with Gasteiger partial charge in [0.25, 0.3) is 5.91 Å². The summed E-state index contributed by atoms with van der Waals surface area (Å²) in [6, 6.07) is 2.66. The van der Waals surface area contributed by atoms with Crippen LogP contribution >= 0.6 is 23.5 Å². The second-order valence-corrected chi connectivity index (χ2v) is 13.2. The maximum atomic E-state index is 13.1. The second kappa shape index (κ2) is 12.3. The smallest absolute Gasteiger partial charge is 0.407 e. The molecule has 2 aliphatic heterocycles. The lowest BCUT2D eigenvalue weighted by atomic mass is 9.89. The zero-order valence-corrected chi connectivity index (χ0v) is 25.1. The zero-order chi connectivity index (χ0) is 30.0. The number of carboxylic acid groups (broad SMARTS) is 1. The van der Waals surface area contributed by atoms with Gasteiger partial charge in [0.05, 0.1) is 0 Å². The minimum absolute atomic E-state index is 0.0456. The average molecular weight is 617 g/mol. The Labute approximate surface area is 250 Å². The molecular formula is C26H32N8O6S2. The van der Waals surface area contributed by atoms with Crippen LogP contribution in [0.3, 0.4) is 0 Å². The molecule has 14 nitrogen and oxygen atoms in total. The Kier molecular flexibility index (Phi) is 8.73. The highest BCUT2D eigenvalue weighted by Gasteiger charge is 2.54. The number of alkyl carbamates (subject to hydrolysis) is 1. The van der Waals surface area contributed by atoms with Gasteiger partial charge in [0.1, 0.15) is 27.7 Å². The third-order valence-corrected chi connectivity index (χ3v) is 9.28. The topological polar surface area (TPSA) is 181 Å². The second-order valence-electron chi connectivity index (χ2n) is 11.1. The van der Waals surface area contributed by atoms with Gasteiger partial charge < -0.3 is 20.5 Å². The van der Waals surface area contributed by atoms with Gasteiger partial charge in [0.2, 0.25) is 5.91 Å². The Balaban J connectivity index is 1.20. The summed E-state index contributed by atoms with van der Waals surface area (Å²) in [5, 5.41) is 31.1. The number of thioether (sulfide) groups is 2. The molecule has 3 N–H and O–H groups in total. The first-order valence-electron chi connectivity index (χ1n) is 13.5. The molecule has 0 aromatic carbocycles. The van der Waals surface area contributed by atoms with Gasteiger partial charge in [0, 0.05) is 24.5 Å². The number of nitrogens with zero attached hydrogens (tertiary/aromatic N) is 6. The summed E-state index contributed by atoms with van der Waals surface area (Å²) >= 11 is 2.75. The van der Waals surface area contributed by atoms with Crippen molar-refractivity contribution in [1.82, 2.24) is 40.8 Å². The maximum Gasteiger partial charge on any atom is 0.407 e. The number of hydrogen-bond donors (Lipinski definition) is 3. The standard InChI is InChI=1S/C26H32N8O6S2/c1-26(2,3)40-25(39)27-11-15-7-5-4-6-14(15)10-18(35)28-20-22(36)33-21(24(37)38)16(13-42-23(20)33)12-41-19-9-8-17-29-31-32-34(17)30-19/h8-9,20,23H,4-7,10-13H2,1-3H3,(H,27,39)(H,28,35)(H,37,38)/t20?,23-/m1/s1. The van der Waals surface area contributed by atoms with Crippen molar-refractivity contribution in [3.8, 4) is 0 Å². The SMILES string of the molecule is CC(C)(C)OC(=O)NCC1=C(CC(=O)NC2C(=O)N3C(C(=O)O)=C(CSc4ccc5nnnn5n4)CS[C@H]23)CCCC1. The lowest BCUT2D eigenvalue weighted by Crippen LogP contribution is -2.70. The lowest BCUT2D eigenvalue weighted by Gasteiger charge is -2.49. The van der Waals surface area contributed by atoms with Crippen LogP contribution < -0.4 is 10.6 Å². The first-order valence-corrected chi connectivity index (χ1v) is 15.6. The van der Waals surface area contributed by atoms with Gasteiger partial charge in [-0.3, -0.25) is 14.5 Å². The number of carboxylic acids is 1. The Morgan fingerprint density at radius 1 is 1.17 bits per heavy atom. The van der Waals surface area contributed by atoms with E-state index in [1.807, 2.05) is 0 Å². The van der Waals surface area contributed by atoms with E-state index >= 15 is 0 Å². The highest BCUT2D eigenvalue weighted by Crippen LogP contribution is 2.41. The molecule has 1 aliphatic carbocycles.